The van der Waals surface area contributed by atoms with Gasteiger partial charge in [-0.05, 0) is 83.2 Å². The molecule has 0 radical (unpaired) electrons. The summed E-state index contributed by atoms with van der Waals surface area (Å²) in [6.45, 7) is 2.12. The Hall–Kier alpha value is -2.01. The third-order valence-corrected chi connectivity index (χ3v) is 6.19. The van der Waals surface area contributed by atoms with Gasteiger partial charge in [-0.25, -0.2) is 0 Å². The van der Waals surface area contributed by atoms with Crippen molar-refractivity contribution in [2.24, 2.45) is 0 Å². The minimum atomic E-state index is 0.218. The number of ether oxygens (including phenoxy) is 2. The zero-order valence-corrected chi connectivity index (χ0v) is 17.7. The first-order valence-corrected chi connectivity index (χ1v) is 10.8. The van der Waals surface area contributed by atoms with Crippen molar-refractivity contribution in [2.75, 3.05) is 27.2 Å². The molecule has 0 saturated carbocycles. The van der Waals surface area contributed by atoms with Gasteiger partial charge in [-0.1, -0.05) is 23.7 Å². The van der Waals surface area contributed by atoms with Crippen LogP contribution in [0.4, 0.5) is 0 Å². The molecule has 146 valence electrons. The highest BCUT2D eigenvalue weighted by atomic mass is 35.5. The molecule has 3 aromatic rings. The van der Waals surface area contributed by atoms with Crippen LogP contribution in [0.1, 0.15) is 12.8 Å². The van der Waals surface area contributed by atoms with Gasteiger partial charge in [-0.3, -0.25) is 0 Å². The number of benzene rings is 2. The average Bonchev–Trinajstić information content (AvgIpc) is 3.25. The van der Waals surface area contributed by atoms with E-state index in [-0.39, 0.29) is 6.10 Å². The number of methoxy groups -OCH3 is 1. The van der Waals surface area contributed by atoms with E-state index in [1.165, 1.54) is 5.56 Å². The molecule has 3 nitrogen and oxygen atoms in total. The van der Waals surface area contributed by atoms with Gasteiger partial charge in [-0.15, -0.1) is 0 Å². The Labute approximate surface area is 175 Å². The smallest absolute Gasteiger partial charge is 0.162 e. The first kappa shape index (κ1) is 19.3. The standard InChI is InChI=1S/C23H24ClNO2S/c1-25-10-7-19(8-11-25)27-23-14-20(16-3-5-18(24)6-4-16)21(13-22(23)26-2)17-9-12-28-15-17/h3-6,9,12-15,19H,7-8,10-11H2,1-2H3. The molecule has 0 amide bonds. The third kappa shape index (κ3) is 4.19. The summed E-state index contributed by atoms with van der Waals surface area (Å²) in [7, 11) is 3.86. The molecule has 5 heteroatoms. The summed E-state index contributed by atoms with van der Waals surface area (Å²) in [6, 6.07) is 14.3. The van der Waals surface area contributed by atoms with Crippen molar-refractivity contribution >= 4 is 22.9 Å². The molecule has 2 heterocycles. The second-order valence-corrected chi connectivity index (χ2v) is 8.40. The first-order valence-electron chi connectivity index (χ1n) is 9.50. The highest BCUT2D eigenvalue weighted by molar-refractivity contribution is 7.08. The van der Waals surface area contributed by atoms with E-state index in [1.54, 1.807) is 18.4 Å². The molecular weight excluding hydrogens is 390 g/mol. The Morgan fingerprint density at radius 1 is 0.964 bits per heavy atom. The molecule has 1 saturated heterocycles. The fourth-order valence-corrected chi connectivity index (χ4v) is 4.40. The minimum absolute atomic E-state index is 0.218. The predicted octanol–water partition coefficient (Wildman–Crippen LogP) is 6.22. The number of nitrogens with zero attached hydrogens (tertiary/aromatic N) is 1. The Morgan fingerprint density at radius 3 is 2.29 bits per heavy atom. The monoisotopic (exact) mass is 413 g/mol. The van der Waals surface area contributed by atoms with Gasteiger partial charge < -0.3 is 14.4 Å². The van der Waals surface area contributed by atoms with E-state index in [0.29, 0.717) is 0 Å². The fraction of sp³-hybridized carbons (Fsp3) is 0.304. The maximum atomic E-state index is 6.41. The number of rotatable bonds is 5. The Bertz CT molecular complexity index is 917. The Balaban J connectivity index is 1.76. The van der Waals surface area contributed by atoms with Gasteiger partial charge in [0.05, 0.1) is 7.11 Å². The zero-order chi connectivity index (χ0) is 19.5. The number of thiophene rings is 1. The molecule has 1 aliphatic rings. The van der Waals surface area contributed by atoms with Crippen LogP contribution in [-0.2, 0) is 0 Å². The lowest BCUT2D eigenvalue weighted by molar-refractivity contribution is 0.111. The van der Waals surface area contributed by atoms with Crippen molar-refractivity contribution in [3.8, 4) is 33.8 Å². The second-order valence-electron chi connectivity index (χ2n) is 7.19. The van der Waals surface area contributed by atoms with Gasteiger partial charge in [0.15, 0.2) is 11.5 Å². The lowest BCUT2D eigenvalue weighted by Gasteiger charge is -2.30. The summed E-state index contributed by atoms with van der Waals surface area (Å²) >= 11 is 7.80. The van der Waals surface area contributed by atoms with Crippen LogP contribution in [0.3, 0.4) is 0 Å². The molecule has 2 aromatic carbocycles. The highest BCUT2D eigenvalue weighted by Gasteiger charge is 2.21. The summed E-state index contributed by atoms with van der Waals surface area (Å²) in [5.41, 5.74) is 4.55. The number of piperidine rings is 1. The van der Waals surface area contributed by atoms with E-state index < -0.39 is 0 Å². The van der Waals surface area contributed by atoms with E-state index in [2.05, 4.69) is 53.0 Å². The van der Waals surface area contributed by atoms with Crippen LogP contribution in [0.2, 0.25) is 5.02 Å². The molecule has 0 bridgehead atoms. The lowest BCUT2D eigenvalue weighted by Crippen LogP contribution is -2.35. The summed E-state index contributed by atoms with van der Waals surface area (Å²) < 4.78 is 12.1. The van der Waals surface area contributed by atoms with Crippen molar-refractivity contribution in [3.63, 3.8) is 0 Å². The lowest BCUT2D eigenvalue weighted by atomic mass is 9.95. The minimum Gasteiger partial charge on any atom is -0.493 e. The number of likely N-dealkylation sites (tertiary alicyclic amines) is 1. The third-order valence-electron chi connectivity index (χ3n) is 5.25. The van der Waals surface area contributed by atoms with Crippen LogP contribution in [0, 0.1) is 0 Å². The van der Waals surface area contributed by atoms with E-state index >= 15 is 0 Å². The number of halogens is 1. The van der Waals surface area contributed by atoms with E-state index in [0.717, 1.165) is 59.1 Å². The first-order chi connectivity index (χ1) is 13.6. The second kappa shape index (κ2) is 8.56. The molecule has 1 aliphatic heterocycles. The van der Waals surface area contributed by atoms with E-state index in [9.17, 15) is 0 Å². The quantitative estimate of drug-likeness (QED) is 0.495. The van der Waals surface area contributed by atoms with Crippen molar-refractivity contribution < 1.29 is 9.47 Å². The van der Waals surface area contributed by atoms with Gasteiger partial charge in [-0.2, -0.15) is 11.3 Å². The highest BCUT2D eigenvalue weighted by Crippen LogP contribution is 2.42. The van der Waals surface area contributed by atoms with Crippen molar-refractivity contribution in [1.82, 2.24) is 4.90 Å². The maximum absolute atomic E-state index is 6.41. The van der Waals surface area contributed by atoms with Gasteiger partial charge in [0.2, 0.25) is 0 Å². The molecule has 0 spiro atoms. The van der Waals surface area contributed by atoms with Crippen LogP contribution in [0.15, 0.2) is 53.2 Å². The van der Waals surface area contributed by atoms with Crippen molar-refractivity contribution in [2.45, 2.75) is 18.9 Å². The summed E-state index contributed by atoms with van der Waals surface area (Å²) in [4.78, 5) is 2.34. The normalized spacial score (nSPS) is 15.5. The number of hydrogen-bond acceptors (Lipinski definition) is 4. The SMILES string of the molecule is COc1cc(-c2ccsc2)c(-c2ccc(Cl)cc2)cc1OC1CCN(C)CC1. The Kier molecular flexibility index (Phi) is 5.90. The largest absolute Gasteiger partial charge is 0.493 e. The zero-order valence-electron chi connectivity index (χ0n) is 16.2. The van der Waals surface area contributed by atoms with Gasteiger partial charge in [0.25, 0.3) is 0 Å². The van der Waals surface area contributed by atoms with Gasteiger partial charge in [0.1, 0.15) is 6.10 Å². The van der Waals surface area contributed by atoms with Crippen LogP contribution in [0.5, 0.6) is 11.5 Å². The fourth-order valence-electron chi connectivity index (χ4n) is 3.62. The average molecular weight is 414 g/mol. The van der Waals surface area contributed by atoms with E-state index in [1.807, 2.05) is 12.1 Å². The molecule has 28 heavy (non-hydrogen) atoms. The Morgan fingerprint density at radius 2 is 1.64 bits per heavy atom. The molecular formula is C23H24ClNO2S. The summed E-state index contributed by atoms with van der Waals surface area (Å²) in [6.07, 6.45) is 2.28. The van der Waals surface area contributed by atoms with Crippen LogP contribution in [0.25, 0.3) is 22.3 Å². The maximum Gasteiger partial charge on any atom is 0.162 e. The number of hydrogen-bond donors (Lipinski definition) is 0. The summed E-state index contributed by atoms with van der Waals surface area (Å²) in [5, 5.41) is 4.99. The van der Waals surface area contributed by atoms with Crippen LogP contribution in [-0.4, -0.2) is 38.3 Å². The van der Waals surface area contributed by atoms with E-state index in [4.69, 9.17) is 21.1 Å². The van der Waals surface area contributed by atoms with Crippen LogP contribution < -0.4 is 9.47 Å². The molecule has 0 atom stereocenters. The molecule has 0 aliphatic carbocycles. The molecule has 0 unspecified atom stereocenters. The van der Waals surface area contributed by atoms with Gasteiger partial charge >= 0.3 is 0 Å². The molecule has 0 N–H and O–H groups in total. The summed E-state index contributed by atoms with van der Waals surface area (Å²) in [5.74, 6) is 1.58. The van der Waals surface area contributed by atoms with Crippen molar-refractivity contribution in [1.29, 1.82) is 0 Å². The molecule has 4 rings (SSSR count). The predicted molar refractivity (Wildman–Crippen MR) is 118 cm³/mol. The molecule has 1 aromatic heterocycles. The van der Waals surface area contributed by atoms with Crippen LogP contribution >= 0.6 is 22.9 Å². The molecule has 1 fully saturated rings. The van der Waals surface area contributed by atoms with Gasteiger partial charge in [0, 0.05) is 18.1 Å². The topological polar surface area (TPSA) is 21.7 Å². The van der Waals surface area contributed by atoms with Crippen molar-refractivity contribution in [3.05, 3.63) is 58.2 Å².